The molecule has 6 heteroatoms. The summed E-state index contributed by atoms with van der Waals surface area (Å²) in [4.78, 5) is 14.2. The third-order valence-electron chi connectivity index (χ3n) is 3.08. The lowest BCUT2D eigenvalue weighted by Gasteiger charge is -2.26. The Morgan fingerprint density at radius 3 is 2.38 bits per heavy atom. The van der Waals surface area contributed by atoms with Gasteiger partial charge in [0.25, 0.3) is 5.91 Å². The highest BCUT2D eigenvalue weighted by atomic mass is 16.5. The van der Waals surface area contributed by atoms with Crippen LogP contribution in [0.5, 0.6) is 0 Å². The van der Waals surface area contributed by atoms with E-state index in [0.717, 1.165) is 5.69 Å². The van der Waals surface area contributed by atoms with Gasteiger partial charge < -0.3 is 25.4 Å². The number of nitrogens with two attached hydrogens (primary N) is 1. The van der Waals surface area contributed by atoms with Gasteiger partial charge in [-0.3, -0.25) is 4.79 Å². The molecule has 1 amide bonds. The lowest BCUT2D eigenvalue weighted by Crippen LogP contribution is -2.33. The quantitative estimate of drug-likeness (QED) is 0.668. The molecule has 0 unspecified atom stereocenters. The molecular formula is C15H25N3O3. The van der Waals surface area contributed by atoms with Crippen LogP contribution < -0.4 is 16.0 Å². The number of carbonyl (C=O) groups excluding carboxylic acids is 1. The minimum absolute atomic E-state index is 0.104. The fourth-order valence-electron chi connectivity index (χ4n) is 2.01. The van der Waals surface area contributed by atoms with Crippen molar-refractivity contribution in [2.45, 2.75) is 6.92 Å². The maximum absolute atomic E-state index is 12.2. The molecule has 0 heterocycles. The first-order valence-corrected chi connectivity index (χ1v) is 7.04. The van der Waals surface area contributed by atoms with Crippen LogP contribution in [-0.2, 0) is 9.47 Å². The summed E-state index contributed by atoms with van der Waals surface area (Å²) in [6, 6.07) is 5.30. The first-order chi connectivity index (χ1) is 10.1. The van der Waals surface area contributed by atoms with Gasteiger partial charge in [0.1, 0.15) is 0 Å². The van der Waals surface area contributed by atoms with Crippen molar-refractivity contribution in [3.8, 4) is 0 Å². The molecule has 0 radical (unpaired) electrons. The predicted molar refractivity (Wildman–Crippen MR) is 84.8 cm³/mol. The topological polar surface area (TPSA) is 76.8 Å². The Morgan fingerprint density at radius 2 is 1.86 bits per heavy atom. The second kappa shape index (κ2) is 9.20. The van der Waals surface area contributed by atoms with Gasteiger partial charge in [-0.05, 0) is 25.1 Å². The van der Waals surface area contributed by atoms with Crippen LogP contribution in [0, 0.1) is 0 Å². The summed E-state index contributed by atoms with van der Waals surface area (Å²) in [5.74, 6) is -0.104. The van der Waals surface area contributed by atoms with Gasteiger partial charge in [0.15, 0.2) is 0 Å². The summed E-state index contributed by atoms with van der Waals surface area (Å²) in [6.45, 7) is 4.92. The number of anilines is 2. The molecular weight excluding hydrogens is 270 g/mol. The van der Waals surface area contributed by atoms with E-state index in [-0.39, 0.29) is 5.91 Å². The van der Waals surface area contributed by atoms with E-state index in [1.807, 2.05) is 17.9 Å². The maximum atomic E-state index is 12.2. The van der Waals surface area contributed by atoms with Gasteiger partial charge in [-0.25, -0.2) is 0 Å². The fourth-order valence-corrected chi connectivity index (χ4v) is 2.01. The monoisotopic (exact) mass is 295 g/mol. The van der Waals surface area contributed by atoms with Gasteiger partial charge in [-0.1, -0.05) is 0 Å². The van der Waals surface area contributed by atoms with Gasteiger partial charge in [-0.15, -0.1) is 0 Å². The van der Waals surface area contributed by atoms with E-state index < -0.39 is 0 Å². The molecule has 1 aromatic carbocycles. The third kappa shape index (κ3) is 5.24. The smallest absolute Gasteiger partial charge is 0.253 e. The number of carbonyl (C=O) groups is 1. The predicted octanol–water partition coefficient (Wildman–Crippen LogP) is 1.12. The van der Waals surface area contributed by atoms with Crippen LogP contribution in [0.15, 0.2) is 18.2 Å². The number of hydrogen-bond donors (Lipinski definition) is 2. The molecule has 0 saturated heterocycles. The Bertz CT molecular complexity index is 444. The van der Waals surface area contributed by atoms with E-state index in [2.05, 4.69) is 5.32 Å². The van der Waals surface area contributed by atoms with Crippen molar-refractivity contribution in [2.24, 2.45) is 0 Å². The van der Waals surface area contributed by atoms with Gasteiger partial charge in [-0.2, -0.15) is 0 Å². The lowest BCUT2D eigenvalue weighted by atomic mass is 10.1. The van der Waals surface area contributed by atoms with Crippen molar-refractivity contribution >= 4 is 17.3 Å². The molecule has 1 aromatic rings. The van der Waals surface area contributed by atoms with Crippen molar-refractivity contribution in [3.63, 3.8) is 0 Å². The number of methoxy groups -OCH3 is 2. The van der Waals surface area contributed by atoms with Crippen molar-refractivity contribution in [1.29, 1.82) is 0 Å². The Hall–Kier alpha value is -1.79. The number of ether oxygens (including phenoxy) is 2. The standard InChI is InChI=1S/C15H25N3O3/c1-4-17-15(19)13-6-5-12(16)11-14(13)18(7-9-20-2)8-10-21-3/h5-6,11H,4,7-10,16H2,1-3H3,(H,17,19). The highest BCUT2D eigenvalue weighted by molar-refractivity contribution is 6.00. The highest BCUT2D eigenvalue weighted by Gasteiger charge is 2.16. The minimum atomic E-state index is -0.104. The van der Waals surface area contributed by atoms with E-state index >= 15 is 0 Å². The van der Waals surface area contributed by atoms with Crippen LogP contribution in [0.1, 0.15) is 17.3 Å². The molecule has 0 spiro atoms. The van der Waals surface area contributed by atoms with Gasteiger partial charge in [0.2, 0.25) is 0 Å². The SMILES string of the molecule is CCNC(=O)c1ccc(N)cc1N(CCOC)CCOC. The van der Waals surface area contributed by atoms with E-state index in [4.69, 9.17) is 15.2 Å². The van der Waals surface area contributed by atoms with Crippen molar-refractivity contribution in [3.05, 3.63) is 23.8 Å². The van der Waals surface area contributed by atoms with Crippen LogP contribution in [-0.4, -0.2) is 53.0 Å². The van der Waals surface area contributed by atoms with E-state index in [1.54, 1.807) is 26.4 Å². The van der Waals surface area contributed by atoms with Crippen LogP contribution in [0.2, 0.25) is 0 Å². The zero-order valence-electron chi connectivity index (χ0n) is 13.0. The molecule has 0 saturated carbocycles. The first-order valence-electron chi connectivity index (χ1n) is 7.04. The third-order valence-corrected chi connectivity index (χ3v) is 3.08. The summed E-state index contributed by atoms with van der Waals surface area (Å²) in [5.41, 5.74) is 7.91. The zero-order chi connectivity index (χ0) is 15.7. The number of rotatable bonds is 9. The Kier molecular flexibility index (Phi) is 7.56. The fraction of sp³-hybridized carbons (Fsp3) is 0.533. The van der Waals surface area contributed by atoms with Crippen LogP contribution >= 0.6 is 0 Å². The summed E-state index contributed by atoms with van der Waals surface area (Å²) in [6.07, 6.45) is 0. The van der Waals surface area contributed by atoms with Gasteiger partial charge >= 0.3 is 0 Å². The molecule has 1 rings (SSSR count). The number of nitrogens with zero attached hydrogens (tertiary/aromatic N) is 1. The van der Waals surface area contributed by atoms with Crippen molar-refractivity contribution in [2.75, 3.05) is 57.7 Å². The van der Waals surface area contributed by atoms with Gasteiger partial charge in [0.05, 0.1) is 24.5 Å². The highest BCUT2D eigenvalue weighted by Crippen LogP contribution is 2.23. The molecule has 0 aromatic heterocycles. The first kappa shape index (κ1) is 17.3. The summed E-state index contributed by atoms with van der Waals surface area (Å²) in [7, 11) is 3.30. The molecule has 0 aliphatic heterocycles. The van der Waals surface area contributed by atoms with Crippen molar-refractivity contribution in [1.82, 2.24) is 5.32 Å². The summed E-state index contributed by atoms with van der Waals surface area (Å²) < 4.78 is 10.3. The average molecular weight is 295 g/mol. The van der Waals surface area contributed by atoms with Gasteiger partial charge in [0, 0.05) is 39.5 Å². The zero-order valence-corrected chi connectivity index (χ0v) is 13.0. The molecule has 0 aliphatic carbocycles. The van der Waals surface area contributed by atoms with Crippen molar-refractivity contribution < 1.29 is 14.3 Å². The minimum Gasteiger partial charge on any atom is -0.399 e. The second-order valence-corrected chi connectivity index (χ2v) is 4.61. The molecule has 6 nitrogen and oxygen atoms in total. The van der Waals surface area contributed by atoms with E-state index in [1.165, 1.54) is 0 Å². The molecule has 3 N–H and O–H groups in total. The van der Waals surface area contributed by atoms with E-state index in [9.17, 15) is 4.79 Å². The Labute approximate surface area is 126 Å². The Morgan fingerprint density at radius 1 is 1.24 bits per heavy atom. The Balaban J connectivity index is 3.07. The molecule has 118 valence electrons. The number of nitrogen functional groups attached to an aromatic ring is 1. The van der Waals surface area contributed by atoms with Crippen LogP contribution in [0.3, 0.4) is 0 Å². The summed E-state index contributed by atoms with van der Waals surface area (Å²) >= 11 is 0. The van der Waals surface area contributed by atoms with E-state index in [0.29, 0.717) is 44.1 Å². The maximum Gasteiger partial charge on any atom is 0.253 e. The number of benzene rings is 1. The van der Waals surface area contributed by atoms with Crippen LogP contribution in [0.25, 0.3) is 0 Å². The molecule has 0 aliphatic rings. The second-order valence-electron chi connectivity index (χ2n) is 4.61. The normalized spacial score (nSPS) is 10.4. The lowest BCUT2D eigenvalue weighted by molar-refractivity contribution is 0.0956. The number of hydrogen-bond acceptors (Lipinski definition) is 5. The number of amides is 1. The largest absolute Gasteiger partial charge is 0.399 e. The number of nitrogens with one attached hydrogen (secondary N) is 1. The average Bonchev–Trinajstić information content (AvgIpc) is 2.47. The molecule has 0 atom stereocenters. The van der Waals surface area contributed by atoms with Crippen LogP contribution in [0.4, 0.5) is 11.4 Å². The summed E-state index contributed by atoms with van der Waals surface area (Å²) in [5, 5.41) is 2.82. The molecule has 0 fully saturated rings. The molecule has 21 heavy (non-hydrogen) atoms. The molecule has 0 bridgehead atoms.